The van der Waals surface area contributed by atoms with Gasteiger partial charge >= 0.3 is 0 Å². The second-order valence-corrected chi connectivity index (χ2v) is 7.21. The van der Waals surface area contributed by atoms with Crippen LogP contribution in [-0.2, 0) is 4.79 Å². The molecular formula is C17H32N2O. The van der Waals surface area contributed by atoms with Gasteiger partial charge in [0, 0.05) is 51.6 Å². The van der Waals surface area contributed by atoms with Crippen LogP contribution in [-0.4, -0.2) is 54.9 Å². The summed E-state index contributed by atoms with van der Waals surface area (Å²) in [5.41, 5.74) is 0. The minimum absolute atomic E-state index is 0.324. The number of hydrogen-bond acceptors (Lipinski definition) is 3. The summed E-state index contributed by atoms with van der Waals surface area (Å²) >= 11 is 0. The second kappa shape index (κ2) is 7.56. The smallest absolute Gasteiger partial charge is 0.137 e. The van der Waals surface area contributed by atoms with E-state index in [1.807, 2.05) is 0 Å². The molecule has 0 N–H and O–H groups in total. The van der Waals surface area contributed by atoms with Gasteiger partial charge in [-0.3, -0.25) is 4.79 Å². The molecule has 1 aliphatic heterocycles. The van der Waals surface area contributed by atoms with E-state index in [9.17, 15) is 4.79 Å². The van der Waals surface area contributed by atoms with E-state index < -0.39 is 0 Å². The van der Waals surface area contributed by atoms with Gasteiger partial charge in [-0.15, -0.1) is 0 Å². The summed E-state index contributed by atoms with van der Waals surface area (Å²) in [6, 6.07) is 0. The molecule has 1 heterocycles. The molecule has 2 atom stereocenters. The molecule has 1 saturated heterocycles. The number of piperazine rings is 1. The zero-order valence-electron chi connectivity index (χ0n) is 13.6. The summed E-state index contributed by atoms with van der Waals surface area (Å²) in [5, 5.41) is 0. The molecule has 1 aliphatic carbocycles. The summed E-state index contributed by atoms with van der Waals surface area (Å²) in [4.78, 5) is 17.2. The average molecular weight is 280 g/mol. The Kier molecular flexibility index (Phi) is 6.03. The number of rotatable bonds is 5. The SMILES string of the molecule is CCC1CCC(=O)C(CN2CCN(CC(C)C)CC2)C1. The van der Waals surface area contributed by atoms with Crippen molar-refractivity contribution in [1.29, 1.82) is 0 Å². The molecule has 0 aromatic rings. The van der Waals surface area contributed by atoms with Crippen molar-refractivity contribution in [3.63, 3.8) is 0 Å². The van der Waals surface area contributed by atoms with E-state index in [0.29, 0.717) is 11.7 Å². The van der Waals surface area contributed by atoms with Crippen molar-refractivity contribution in [1.82, 2.24) is 9.80 Å². The van der Waals surface area contributed by atoms with Crippen LogP contribution in [0.15, 0.2) is 0 Å². The molecule has 0 radical (unpaired) electrons. The number of Topliss-reactive ketones (excluding diaryl/α,β-unsaturated/α-hetero) is 1. The maximum absolute atomic E-state index is 12.1. The minimum atomic E-state index is 0.324. The van der Waals surface area contributed by atoms with Crippen LogP contribution in [0, 0.1) is 17.8 Å². The average Bonchev–Trinajstić information content (AvgIpc) is 2.43. The first kappa shape index (κ1) is 16.0. The molecule has 20 heavy (non-hydrogen) atoms. The largest absolute Gasteiger partial charge is 0.301 e. The topological polar surface area (TPSA) is 23.6 Å². The molecule has 0 amide bonds. The van der Waals surface area contributed by atoms with E-state index >= 15 is 0 Å². The summed E-state index contributed by atoms with van der Waals surface area (Å²) in [7, 11) is 0. The fraction of sp³-hybridized carbons (Fsp3) is 0.941. The molecule has 0 aromatic carbocycles. The Morgan fingerprint density at radius 3 is 2.40 bits per heavy atom. The highest BCUT2D eigenvalue weighted by molar-refractivity contribution is 5.81. The van der Waals surface area contributed by atoms with Crippen molar-refractivity contribution in [2.75, 3.05) is 39.3 Å². The zero-order valence-corrected chi connectivity index (χ0v) is 13.6. The van der Waals surface area contributed by atoms with Crippen LogP contribution in [0.3, 0.4) is 0 Å². The predicted octanol–water partition coefficient (Wildman–Crippen LogP) is 2.66. The Labute approximate surface area is 124 Å². The molecule has 116 valence electrons. The third kappa shape index (κ3) is 4.56. The van der Waals surface area contributed by atoms with Crippen molar-refractivity contribution < 1.29 is 4.79 Å². The van der Waals surface area contributed by atoms with Crippen LogP contribution in [0.4, 0.5) is 0 Å². The number of hydrogen-bond donors (Lipinski definition) is 0. The van der Waals surface area contributed by atoms with Crippen LogP contribution in [0.5, 0.6) is 0 Å². The lowest BCUT2D eigenvalue weighted by molar-refractivity contribution is -0.126. The number of nitrogens with zero attached hydrogens (tertiary/aromatic N) is 2. The van der Waals surface area contributed by atoms with Crippen molar-refractivity contribution in [3.8, 4) is 0 Å². The quantitative estimate of drug-likeness (QED) is 0.773. The van der Waals surface area contributed by atoms with Gasteiger partial charge in [-0.1, -0.05) is 27.2 Å². The Bertz CT molecular complexity index is 308. The van der Waals surface area contributed by atoms with E-state index in [4.69, 9.17) is 0 Å². The second-order valence-electron chi connectivity index (χ2n) is 7.21. The van der Waals surface area contributed by atoms with E-state index in [1.54, 1.807) is 0 Å². The van der Waals surface area contributed by atoms with E-state index in [2.05, 4.69) is 30.6 Å². The number of carbonyl (C=O) groups is 1. The van der Waals surface area contributed by atoms with Crippen LogP contribution >= 0.6 is 0 Å². The molecule has 2 rings (SSSR count). The lowest BCUT2D eigenvalue weighted by Gasteiger charge is -2.38. The van der Waals surface area contributed by atoms with Crippen LogP contribution in [0.25, 0.3) is 0 Å². The molecule has 3 nitrogen and oxygen atoms in total. The standard InChI is InChI=1S/C17H32N2O/c1-4-15-5-6-17(20)16(11-15)13-19-9-7-18(8-10-19)12-14(2)3/h14-16H,4-13H2,1-3H3. The first-order chi connectivity index (χ1) is 9.58. The maximum atomic E-state index is 12.1. The number of ketones is 1. The third-order valence-electron chi connectivity index (χ3n) is 5.02. The minimum Gasteiger partial charge on any atom is -0.301 e. The van der Waals surface area contributed by atoms with Gasteiger partial charge in [-0.2, -0.15) is 0 Å². The van der Waals surface area contributed by atoms with Gasteiger partial charge in [0.25, 0.3) is 0 Å². The summed E-state index contributed by atoms with van der Waals surface area (Å²) in [6.07, 6.45) is 4.35. The van der Waals surface area contributed by atoms with Crippen molar-refractivity contribution >= 4 is 5.78 Å². The third-order valence-corrected chi connectivity index (χ3v) is 5.02. The summed E-state index contributed by atoms with van der Waals surface area (Å²) in [6.45, 7) is 13.7. The monoisotopic (exact) mass is 280 g/mol. The summed E-state index contributed by atoms with van der Waals surface area (Å²) < 4.78 is 0. The van der Waals surface area contributed by atoms with Crippen LogP contribution in [0.1, 0.15) is 46.5 Å². The molecular weight excluding hydrogens is 248 g/mol. The van der Waals surface area contributed by atoms with Gasteiger partial charge in [-0.25, -0.2) is 0 Å². The summed E-state index contributed by atoms with van der Waals surface area (Å²) in [5.74, 6) is 2.40. The molecule has 3 heteroatoms. The van der Waals surface area contributed by atoms with Gasteiger partial charge in [0.2, 0.25) is 0 Å². The van der Waals surface area contributed by atoms with Crippen molar-refractivity contribution in [2.24, 2.45) is 17.8 Å². The Morgan fingerprint density at radius 1 is 1.15 bits per heavy atom. The van der Waals surface area contributed by atoms with Gasteiger partial charge in [0.05, 0.1) is 0 Å². The highest BCUT2D eigenvalue weighted by atomic mass is 16.1. The van der Waals surface area contributed by atoms with E-state index in [0.717, 1.165) is 50.7 Å². The highest BCUT2D eigenvalue weighted by Gasteiger charge is 2.30. The Hall–Kier alpha value is -0.410. The maximum Gasteiger partial charge on any atom is 0.137 e. The molecule has 1 saturated carbocycles. The molecule has 2 aliphatic rings. The van der Waals surface area contributed by atoms with Crippen molar-refractivity contribution in [3.05, 3.63) is 0 Å². The lowest BCUT2D eigenvalue weighted by atomic mass is 9.79. The van der Waals surface area contributed by atoms with Gasteiger partial charge in [0.15, 0.2) is 0 Å². The highest BCUT2D eigenvalue weighted by Crippen LogP contribution is 2.29. The lowest BCUT2D eigenvalue weighted by Crippen LogP contribution is -2.49. The molecule has 2 unspecified atom stereocenters. The normalized spacial score (nSPS) is 30.1. The number of carbonyl (C=O) groups excluding carboxylic acids is 1. The molecule has 2 fully saturated rings. The van der Waals surface area contributed by atoms with Crippen LogP contribution in [0.2, 0.25) is 0 Å². The van der Waals surface area contributed by atoms with Gasteiger partial charge in [-0.05, 0) is 24.7 Å². The first-order valence-electron chi connectivity index (χ1n) is 8.56. The Balaban J connectivity index is 1.75. The Morgan fingerprint density at radius 2 is 1.80 bits per heavy atom. The van der Waals surface area contributed by atoms with Gasteiger partial charge < -0.3 is 9.80 Å². The fourth-order valence-electron chi connectivity index (χ4n) is 3.73. The molecule has 0 spiro atoms. The zero-order chi connectivity index (χ0) is 14.5. The van der Waals surface area contributed by atoms with E-state index in [1.165, 1.54) is 26.1 Å². The van der Waals surface area contributed by atoms with Gasteiger partial charge in [0.1, 0.15) is 5.78 Å². The first-order valence-corrected chi connectivity index (χ1v) is 8.56. The van der Waals surface area contributed by atoms with Crippen LogP contribution < -0.4 is 0 Å². The molecule has 0 aromatic heterocycles. The fourth-order valence-corrected chi connectivity index (χ4v) is 3.73. The van der Waals surface area contributed by atoms with E-state index in [-0.39, 0.29) is 0 Å². The predicted molar refractivity (Wildman–Crippen MR) is 83.8 cm³/mol. The molecule has 0 bridgehead atoms. The van der Waals surface area contributed by atoms with Crippen molar-refractivity contribution in [2.45, 2.75) is 46.5 Å².